The van der Waals surface area contributed by atoms with Crippen molar-refractivity contribution in [2.24, 2.45) is 0 Å². The number of carbonyl (C=O) groups excluding carboxylic acids is 1. The van der Waals surface area contributed by atoms with Gasteiger partial charge < -0.3 is 14.8 Å². The zero-order valence-electron chi connectivity index (χ0n) is 15.6. The SMILES string of the molecule is COc1ccc(/C=C/c2[nH]nc3ccc(C(=O)NC4CC4)c(OC)c23)cc1F. The molecule has 0 saturated heterocycles. The van der Waals surface area contributed by atoms with Crippen LogP contribution in [0.1, 0.15) is 34.5 Å². The number of H-pyrrole nitrogens is 1. The number of fused-ring (bicyclic) bond motifs is 1. The molecule has 144 valence electrons. The summed E-state index contributed by atoms with van der Waals surface area (Å²) in [5.41, 5.74) is 2.49. The van der Waals surface area contributed by atoms with Gasteiger partial charge in [-0.15, -0.1) is 0 Å². The Morgan fingerprint density at radius 2 is 2.04 bits per heavy atom. The van der Waals surface area contributed by atoms with Crippen LogP contribution in [0.25, 0.3) is 23.1 Å². The van der Waals surface area contributed by atoms with Gasteiger partial charge >= 0.3 is 0 Å². The van der Waals surface area contributed by atoms with Crippen LogP contribution in [-0.2, 0) is 0 Å². The summed E-state index contributed by atoms with van der Waals surface area (Å²) in [5.74, 6) is 0.0624. The van der Waals surface area contributed by atoms with E-state index in [0.29, 0.717) is 33.5 Å². The highest BCUT2D eigenvalue weighted by molar-refractivity contribution is 6.05. The molecule has 1 heterocycles. The van der Waals surface area contributed by atoms with E-state index in [4.69, 9.17) is 9.47 Å². The average molecular weight is 381 g/mol. The van der Waals surface area contributed by atoms with Gasteiger partial charge in [0.1, 0.15) is 5.75 Å². The summed E-state index contributed by atoms with van der Waals surface area (Å²) in [4.78, 5) is 12.5. The number of rotatable bonds is 6. The fourth-order valence-corrected chi connectivity index (χ4v) is 3.07. The van der Waals surface area contributed by atoms with Gasteiger partial charge in [0.2, 0.25) is 0 Å². The van der Waals surface area contributed by atoms with Crippen molar-refractivity contribution in [3.05, 3.63) is 53.0 Å². The van der Waals surface area contributed by atoms with E-state index in [1.54, 1.807) is 36.4 Å². The fraction of sp³-hybridized carbons (Fsp3) is 0.238. The van der Waals surface area contributed by atoms with Crippen LogP contribution in [0.2, 0.25) is 0 Å². The minimum Gasteiger partial charge on any atom is -0.495 e. The number of nitrogens with zero attached hydrogens (tertiary/aromatic N) is 1. The van der Waals surface area contributed by atoms with E-state index in [9.17, 15) is 9.18 Å². The molecule has 0 atom stereocenters. The Bertz CT molecular complexity index is 1070. The smallest absolute Gasteiger partial charge is 0.255 e. The van der Waals surface area contributed by atoms with Crippen LogP contribution in [0.4, 0.5) is 4.39 Å². The molecule has 0 spiro atoms. The van der Waals surface area contributed by atoms with E-state index in [0.717, 1.165) is 12.8 Å². The Balaban J connectivity index is 1.70. The Morgan fingerprint density at radius 1 is 1.21 bits per heavy atom. The first-order chi connectivity index (χ1) is 13.6. The summed E-state index contributed by atoms with van der Waals surface area (Å²) >= 11 is 0. The molecule has 0 aliphatic heterocycles. The number of carbonyl (C=O) groups is 1. The van der Waals surface area contributed by atoms with E-state index < -0.39 is 5.82 Å². The maximum atomic E-state index is 13.9. The standard InChI is InChI=1S/C21H20FN3O3/c1-27-18-10-4-12(11-15(18)22)3-8-16-19-17(25-24-16)9-7-14(20(19)28-2)21(26)23-13-5-6-13/h3-4,7-11,13H,5-6H2,1-2H3,(H,23,26)(H,24,25)/b8-3+. The number of ether oxygens (including phenoxy) is 2. The van der Waals surface area contributed by atoms with Crippen LogP contribution in [-0.4, -0.2) is 36.4 Å². The summed E-state index contributed by atoms with van der Waals surface area (Å²) in [5, 5.41) is 10.9. The third kappa shape index (κ3) is 3.43. The molecule has 1 aliphatic carbocycles. The van der Waals surface area contributed by atoms with E-state index in [-0.39, 0.29) is 17.7 Å². The third-order valence-corrected chi connectivity index (χ3v) is 4.68. The molecule has 0 radical (unpaired) electrons. The van der Waals surface area contributed by atoms with Crippen LogP contribution in [0.15, 0.2) is 30.3 Å². The lowest BCUT2D eigenvalue weighted by Crippen LogP contribution is -2.25. The van der Waals surface area contributed by atoms with Crippen LogP contribution in [0, 0.1) is 5.82 Å². The molecule has 1 fully saturated rings. The summed E-state index contributed by atoms with van der Waals surface area (Å²) in [7, 11) is 2.95. The molecule has 1 saturated carbocycles. The lowest BCUT2D eigenvalue weighted by atomic mass is 10.1. The predicted molar refractivity (Wildman–Crippen MR) is 105 cm³/mol. The average Bonchev–Trinajstić information content (AvgIpc) is 3.42. The second-order valence-electron chi connectivity index (χ2n) is 6.65. The quantitative estimate of drug-likeness (QED) is 0.681. The largest absolute Gasteiger partial charge is 0.495 e. The van der Waals surface area contributed by atoms with Gasteiger partial charge in [0.15, 0.2) is 11.6 Å². The molecule has 0 unspecified atom stereocenters. The Morgan fingerprint density at radius 3 is 2.71 bits per heavy atom. The van der Waals surface area contributed by atoms with Gasteiger partial charge in [-0.3, -0.25) is 9.89 Å². The molecule has 2 aromatic carbocycles. The van der Waals surface area contributed by atoms with Gasteiger partial charge in [-0.25, -0.2) is 4.39 Å². The molecule has 0 bridgehead atoms. The molecule has 1 aliphatic rings. The van der Waals surface area contributed by atoms with Crippen molar-refractivity contribution < 1.29 is 18.7 Å². The van der Waals surface area contributed by atoms with Crippen LogP contribution < -0.4 is 14.8 Å². The molecule has 6 nitrogen and oxygen atoms in total. The normalized spacial score (nSPS) is 13.8. The second kappa shape index (κ2) is 7.34. The van der Waals surface area contributed by atoms with E-state index in [1.807, 2.05) is 0 Å². The topological polar surface area (TPSA) is 76.2 Å². The lowest BCUT2D eigenvalue weighted by Gasteiger charge is -2.10. The second-order valence-corrected chi connectivity index (χ2v) is 6.65. The molecular formula is C21H20FN3O3. The van der Waals surface area contributed by atoms with E-state index in [1.165, 1.54) is 20.3 Å². The third-order valence-electron chi connectivity index (χ3n) is 4.68. The van der Waals surface area contributed by atoms with Crippen LogP contribution >= 0.6 is 0 Å². The minimum atomic E-state index is -0.435. The number of nitrogens with one attached hydrogen (secondary N) is 2. The van der Waals surface area contributed by atoms with Gasteiger partial charge in [-0.1, -0.05) is 12.1 Å². The number of aromatic amines is 1. The Kier molecular flexibility index (Phi) is 4.73. The van der Waals surface area contributed by atoms with Gasteiger partial charge in [-0.2, -0.15) is 5.10 Å². The Labute approximate surface area is 161 Å². The van der Waals surface area contributed by atoms with E-state index in [2.05, 4.69) is 15.5 Å². The highest BCUT2D eigenvalue weighted by atomic mass is 19.1. The van der Waals surface area contributed by atoms with Crippen molar-refractivity contribution in [3.8, 4) is 11.5 Å². The monoisotopic (exact) mass is 381 g/mol. The fourth-order valence-electron chi connectivity index (χ4n) is 3.07. The van der Waals surface area contributed by atoms with Gasteiger partial charge in [0.05, 0.1) is 36.4 Å². The maximum absolute atomic E-state index is 13.9. The molecule has 1 aromatic heterocycles. The highest BCUT2D eigenvalue weighted by Gasteiger charge is 2.26. The maximum Gasteiger partial charge on any atom is 0.255 e. The highest BCUT2D eigenvalue weighted by Crippen LogP contribution is 2.33. The molecular weight excluding hydrogens is 361 g/mol. The summed E-state index contributed by atoms with van der Waals surface area (Å²) in [6.45, 7) is 0. The van der Waals surface area contributed by atoms with Crippen molar-refractivity contribution in [1.82, 2.24) is 15.5 Å². The predicted octanol–water partition coefficient (Wildman–Crippen LogP) is 3.78. The zero-order chi connectivity index (χ0) is 19.7. The molecule has 28 heavy (non-hydrogen) atoms. The van der Waals surface area contributed by atoms with Crippen molar-refractivity contribution in [2.45, 2.75) is 18.9 Å². The summed E-state index contributed by atoms with van der Waals surface area (Å²) < 4.78 is 24.4. The Hall–Kier alpha value is -3.35. The van der Waals surface area contributed by atoms with Gasteiger partial charge in [-0.05, 0) is 48.7 Å². The first kappa shape index (κ1) is 18.0. The first-order valence-electron chi connectivity index (χ1n) is 8.98. The summed E-state index contributed by atoms with van der Waals surface area (Å²) in [6, 6.07) is 8.46. The number of methoxy groups -OCH3 is 2. The number of hydrogen-bond donors (Lipinski definition) is 2. The zero-order valence-corrected chi connectivity index (χ0v) is 15.6. The molecule has 2 N–H and O–H groups in total. The van der Waals surface area contributed by atoms with Crippen LogP contribution in [0.5, 0.6) is 11.5 Å². The van der Waals surface area contributed by atoms with Crippen molar-refractivity contribution in [1.29, 1.82) is 0 Å². The first-order valence-corrected chi connectivity index (χ1v) is 8.98. The number of benzene rings is 2. The molecule has 1 amide bonds. The minimum absolute atomic E-state index is 0.158. The number of aromatic nitrogens is 2. The number of hydrogen-bond acceptors (Lipinski definition) is 4. The van der Waals surface area contributed by atoms with Gasteiger partial charge in [0.25, 0.3) is 5.91 Å². The summed E-state index contributed by atoms with van der Waals surface area (Å²) in [6.07, 6.45) is 5.55. The van der Waals surface area contributed by atoms with E-state index >= 15 is 0 Å². The number of halogens is 1. The number of amides is 1. The van der Waals surface area contributed by atoms with Gasteiger partial charge in [0, 0.05) is 6.04 Å². The van der Waals surface area contributed by atoms with Crippen molar-refractivity contribution >= 4 is 29.0 Å². The van der Waals surface area contributed by atoms with Crippen molar-refractivity contribution in [2.75, 3.05) is 14.2 Å². The van der Waals surface area contributed by atoms with Crippen molar-refractivity contribution in [3.63, 3.8) is 0 Å². The lowest BCUT2D eigenvalue weighted by molar-refractivity contribution is 0.0948. The molecule has 4 rings (SSSR count). The van der Waals surface area contributed by atoms with Crippen LogP contribution in [0.3, 0.4) is 0 Å². The molecule has 7 heteroatoms. The molecule has 3 aromatic rings.